The van der Waals surface area contributed by atoms with E-state index in [1.165, 1.54) is 12.1 Å². The number of sulfone groups is 1. The third kappa shape index (κ3) is 4.42. The second kappa shape index (κ2) is 9.46. The van der Waals surface area contributed by atoms with Gasteiger partial charge in [0.05, 0.1) is 14.7 Å². The summed E-state index contributed by atoms with van der Waals surface area (Å²) in [7, 11) is -3.75. The normalized spacial score (nSPS) is 14.2. The van der Waals surface area contributed by atoms with Gasteiger partial charge >= 0.3 is 0 Å². The predicted octanol–water partition coefficient (Wildman–Crippen LogP) is 3.73. The molecule has 4 aromatic rings. The summed E-state index contributed by atoms with van der Waals surface area (Å²) in [6, 6.07) is 21.9. The van der Waals surface area contributed by atoms with Gasteiger partial charge in [-0.1, -0.05) is 36.4 Å². The van der Waals surface area contributed by atoms with Crippen LogP contribution in [0.3, 0.4) is 0 Å². The molecule has 2 heterocycles. The summed E-state index contributed by atoms with van der Waals surface area (Å²) in [6.07, 6.45) is 1.55. The number of nitro groups is 1. The maximum absolute atomic E-state index is 13.3. The molecule has 0 unspecified atom stereocenters. The first kappa shape index (κ1) is 23.6. The summed E-state index contributed by atoms with van der Waals surface area (Å²) in [5, 5.41) is 11.5. The molecule has 1 aliphatic heterocycles. The van der Waals surface area contributed by atoms with Crippen LogP contribution < -0.4 is 4.90 Å². The lowest BCUT2D eigenvalue weighted by Gasteiger charge is -2.36. The van der Waals surface area contributed by atoms with E-state index in [9.17, 15) is 23.3 Å². The minimum absolute atomic E-state index is 0.0301. The van der Waals surface area contributed by atoms with E-state index in [0.29, 0.717) is 37.1 Å². The number of carbonyl (C=O) groups is 1. The molecule has 0 atom stereocenters. The van der Waals surface area contributed by atoms with Gasteiger partial charge in [0.15, 0.2) is 0 Å². The Morgan fingerprint density at radius 2 is 1.50 bits per heavy atom. The number of piperazine rings is 1. The molecule has 0 N–H and O–H groups in total. The minimum Gasteiger partial charge on any atom is -0.368 e. The van der Waals surface area contributed by atoms with Crippen molar-refractivity contribution >= 4 is 38.0 Å². The molecule has 3 aromatic carbocycles. The first-order valence-corrected chi connectivity index (χ1v) is 13.0. The quantitative estimate of drug-likeness (QED) is 0.293. The number of para-hydroxylation sites is 1. The van der Waals surface area contributed by atoms with E-state index in [0.717, 1.165) is 5.69 Å². The Labute approximate surface area is 208 Å². The minimum atomic E-state index is -3.75. The Balaban J connectivity index is 1.32. The van der Waals surface area contributed by atoms with Crippen molar-refractivity contribution in [1.82, 2.24) is 9.47 Å². The molecule has 36 heavy (non-hydrogen) atoms. The molecule has 5 rings (SSSR count). The van der Waals surface area contributed by atoms with Crippen LogP contribution in [0.25, 0.3) is 10.9 Å². The smallest absolute Gasteiger partial charge is 0.269 e. The SMILES string of the molecule is O=C(Cn1cc(S(=O)(=O)c2ccccc2)c2ccccc21)N1CCN(c2ccc([N+](=O)[O-])cc2)CC1. The van der Waals surface area contributed by atoms with Crippen LogP contribution in [0, 0.1) is 10.1 Å². The third-order valence-corrected chi connectivity index (χ3v) is 8.26. The highest BCUT2D eigenvalue weighted by atomic mass is 32.2. The van der Waals surface area contributed by atoms with Gasteiger partial charge in [-0.2, -0.15) is 0 Å². The van der Waals surface area contributed by atoms with Crippen molar-refractivity contribution in [2.45, 2.75) is 16.3 Å². The molecule has 0 saturated carbocycles. The van der Waals surface area contributed by atoms with Gasteiger partial charge in [-0.25, -0.2) is 8.42 Å². The van der Waals surface area contributed by atoms with Crippen molar-refractivity contribution in [2.75, 3.05) is 31.1 Å². The molecule has 1 fully saturated rings. The van der Waals surface area contributed by atoms with E-state index < -0.39 is 14.8 Å². The summed E-state index contributed by atoms with van der Waals surface area (Å²) in [4.78, 5) is 27.9. The highest BCUT2D eigenvalue weighted by molar-refractivity contribution is 7.91. The van der Waals surface area contributed by atoms with Gasteiger partial charge in [-0.3, -0.25) is 14.9 Å². The number of aromatic nitrogens is 1. The average Bonchev–Trinajstić information content (AvgIpc) is 3.28. The monoisotopic (exact) mass is 504 g/mol. The molecule has 0 bridgehead atoms. The first-order chi connectivity index (χ1) is 17.3. The number of anilines is 1. The molecule has 184 valence electrons. The number of nitrogens with zero attached hydrogens (tertiary/aromatic N) is 4. The van der Waals surface area contributed by atoms with E-state index in [4.69, 9.17) is 0 Å². The van der Waals surface area contributed by atoms with Crippen molar-refractivity contribution in [3.63, 3.8) is 0 Å². The Morgan fingerprint density at radius 1 is 0.861 bits per heavy atom. The van der Waals surface area contributed by atoms with Crippen molar-refractivity contribution < 1.29 is 18.1 Å². The molecule has 1 aliphatic rings. The number of nitro benzene ring substituents is 1. The molecule has 1 saturated heterocycles. The Morgan fingerprint density at radius 3 is 2.17 bits per heavy atom. The summed E-state index contributed by atoms with van der Waals surface area (Å²) in [6.45, 7) is 2.24. The van der Waals surface area contributed by atoms with Crippen molar-refractivity contribution in [3.05, 3.63) is 95.2 Å². The van der Waals surface area contributed by atoms with Crippen molar-refractivity contribution in [2.24, 2.45) is 0 Å². The number of amides is 1. The fourth-order valence-corrected chi connectivity index (χ4v) is 6.03. The van der Waals surface area contributed by atoms with Crippen LogP contribution in [0.5, 0.6) is 0 Å². The number of hydrogen-bond donors (Lipinski definition) is 0. The van der Waals surface area contributed by atoms with Crippen LogP contribution in [0.15, 0.2) is 94.9 Å². The number of hydrogen-bond acceptors (Lipinski definition) is 6. The number of carbonyl (C=O) groups excluding carboxylic acids is 1. The van der Waals surface area contributed by atoms with Gasteiger partial charge < -0.3 is 14.4 Å². The number of fused-ring (bicyclic) bond motifs is 1. The number of rotatable bonds is 6. The van der Waals surface area contributed by atoms with Gasteiger partial charge in [0.25, 0.3) is 5.69 Å². The number of non-ortho nitro benzene ring substituents is 1. The van der Waals surface area contributed by atoms with Gasteiger partial charge in [0.1, 0.15) is 6.54 Å². The molecule has 0 aliphatic carbocycles. The van der Waals surface area contributed by atoms with E-state index in [-0.39, 0.29) is 27.9 Å². The predicted molar refractivity (Wildman–Crippen MR) is 136 cm³/mol. The Kier molecular flexibility index (Phi) is 6.19. The summed E-state index contributed by atoms with van der Waals surface area (Å²) >= 11 is 0. The van der Waals surface area contributed by atoms with Gasteiger partial charge in [0.2, 0.25) is 15.7 Å². The van der Waals surface area contributed by atoms with Crippen LogP contribution >= 0.6 is 0 Å². The molecular weight excluding hydrogens is 480 g/mol. The van der Waals surface area contributed by atoms with Gasteiger partial charge in [-0.15, -0.1) is 0 Å². The molecule has 1 aromatic heterocycles. The fourth-order valence-electron chi connectivity index (χ4n) is 4.53. The highest BCUT2D eigenvalue weighted by Crippen LogP contribution is 2.30. The van der Waals surface area contributed by atoms with Gasteiger partial charge in [0, 0.05) is 61.1 Å². The molecule has 10 heteroatoms. The van der Waals surface area contributed by atoms with E-state index in [2.05, 4.69) is 4.90 Å². The lowest BCUT2D eigenvalue weighted by Crippen LogP contribution is -2.49. The Bertz CT molecular complexity index is 1520. The lowest BCUT2D eigenvalue weighted by atomic mass is 10.2. The number of benzene rings is 3. The van der Waals surface area contributed by atoms with Crippen molar-refractivity contribution in [3.8, 4) is 0 Å². The summed E-state index contributed by atoms with van der Waals surface area (Å²) in [5.41, 5.74) is 1.60. The van der Waals surface area contributed by atoms with Crippen molar-refractivity contribution in [1.29, 1.82) is 0 Å². The first-order valence-electron chi connectivity index (χ1n) is 11.5. The topological polar surface area (TPSA) is 106 Å². The third-order valence-electron chi connectivity index (χ3n) is 6.46. The maximum Gasteiger partial charge on any atom is 0.269 e. The second-order valence-electron chi connectivity index (χ2n) is 8.60. The summed E-state index contributed by atoms with van der Waals surface area (Å²) in [5.74, 6) is -0.0947. The zero-order chi connectivity index (χ0) is 25.3. The van der Waals surface area contributed by atoms with E-state index >= 15 is 0 Å². The summed E-state index contributed by atoms with van der Waals surface area (Å²) < 4.78 is 28.4. The van der Waals surface area contributed by atoms with Gasteiger partial charge in [-0.05, 0) is 30.3 Å². The molecule has 0 radical (unpaired) electrons. The van der Waals surface area contributed by atoms with Crippen LogP contribution in [0.4, 0.5) is 11.4 Å². The molecule has 1 amide bonds. The van der Waals surface area contributed by atoms with Crippen LogP contribution in [-0.2, 0) is 21.2 Å². The largest absolute Gasteiger partial charge is 0.368 e. The van der Waals surface area contributed by atoms with Crippen LogP contribution in [0.1, 0.15) is 0 Å². The highest BCUT2D eigenvalue weighted by Gasteiger charge is 2.26. The standard InChI is InChI=1S/C26H24N4O5S/c31-26(28-16-14-27(15-17-28)20-10-12-21(13-11-20)30(32)33)19-29-18-25(23-8-4-5-9-24(23)29)36(34,35)22-6-2-1-3-7-22/h1-13,18H,14-17,19H2. The lowest BCUT2D eigenvalue weighted by molar-refractivity contribution is -0.384. The zero-order valence-corrected chi connectivity index (χ0v) is 20.2. The zero-order valence-electron chi connectivity index (χ0n) is 19.4. The second-order valence-corrected chi connectivity index (χ2v) is 10.5. The van der Waals surface area contributed by atoms with E-state index in [1.54, 1.807) is 70.3 Å². The Hall–Kier alpha value is -4.18. The average molecular weight is 505 g/mol. The molecule has 9 nitrogen and oxygen atoms in total. The van der Waals surface area contributed by atoms with Crippen LogP contribution in [0.2, 0.25) is 0 Å². The fraction of sp³-hybridized carbons (Fsp3) is 0.192. The molecule has 0 spiro atoms. The maximum atomic E-state index is 13.3. The molecular formula is C26H24N4O5S. The van der Waals surface area contributed by atoms with Crippen LogP contribution in [-0.4, -0.2) is 54.9 Å². The van der Waals surface area contributed by atoms with E-state index in [1.807, 2.05) is 12.1 Å².